The topological polar surface area (TPSA) is 71.3 Å². The number of aromatic nitrogens is 2. The number of rotatable bonds is 5. The highest BCUT2D eigenvalue weighted by molar-refractivity contribution is 7.08. The second-order valence-corrected chi connectivity index (χ2v) is 8.05. The van der Waals surface area contributed by atoms with E-state index in [9.17, 15) is 4.79 Å². The number of nitrogens with one attached hydrogen (secondary N) is 1. The number of amides is 2. The van der Waals surface area contributed by atoms with Crippen molar-refractivity contribution in [2.24, 2.45) is 0 Å². The van der Waals surface area contributed by atoms with Gasteiger partial charge in [-0.25, -0.2) is 4.79 Å². The monoisotopic (exact) mass is 416 g/mol. The van der Waals surface area contributed by atoms with E-state index in [1.54, 1.807) is 16.2 Å². The van der Waals surface area contributed by atoms with Crippen molar-refractivity contribution in [2.45, 2.75) is 12.0 Å². The molecule has 7 heteroatoms. The predicted octanol–water partition coefficient (Wildman–Crippen LogP) is 4.70. The summed E-state index contributed by atoms with van der Waals surface area (Å²) in [6, 6.07) is 21.7. The van der Waals surface area contributed by atoms with E-state index < -0.39 is 0 Å². The molecule has 0 bridgehead atoms. The molecule has 3 heterocycles. The van der Waals surface area contributed by atoms with Crippen LogP contribution in [0.5, 0.6) is 0 Å². The zero-order valence-corrected chi connectivity index (χ0v) is 17.0. The van der Waals surface area contributed by atoms with Crippen molar-refractivity contribution in [1.82, 2.24) is 20.4 Å². The third-order valence-electron chi connectivity index (χ3n) is 5.27. The lowest BCUT2D eigenvalue weighted by molar-refractivity contribution is 0.135. The number of thiophene rings is 1. The van der Waals surface area contributed by atoms with Crippen LogP contribution in [-0.2, 0) is 0 Å². The number of urea groups is 1. The highest BCUT2D eigenvalue weighted by atomic mass is 32.1. The van der Waals surface area contributed by atoms with Gasteiger partial charge in [-0.15, -0.1) is 0 Å². The zero-order valence-electron chi connectivity index (χ0n) is 16.1. The number of carbonyl (C=O) groups is 1. The lowest BCUT2D eigenvalue weighted by Crippen LogP contribution is -2.53. The van der Waals surface area contributed by atoms with Crippen LogP contribution in [0.3, 0.4) is 0 Å². The number of likely N-dealkylation sites (tertiary alicyclic amines) is 1. The van der Waals surface area contributed by atoms with Gasteiger partial charge in [0.2, 0.25) is 11.7 Å². The van der Waals surface area contributed by atoms with Crippen molar-refractivity contribution < 1.29 is 9.32 Å². The highest BCUT2D eigenvalue weighted by Gasteiger charge is 2.36. The number of hydrogen-bond donors (Lipinski definition) is 1. The van der Waals surface area contributed by atoms with Crippen LogP contribution in [0.2, 0.25) is 0 Å². The van der Waals surface area contributed by atoms with Gasteiger partial charge in [-0.2, -0.15) is 16.3 Å². The molecule has 6 nitrogen and oxygen atoms in total. The smallest absolute Gasteiger partial charge is 0.318 e. The quantitative estimate of drug-likeness (QED) is 0.512. The maximum absolute atomic E-state index is 12.9. The summed E-state index contributed by atoms with van der Waals surface area (Å²) in [5, 5.41) is 11.2. The fourth-order valence-electron chi connectivity index (χ4n) is 3.58. The standard InChI is InChI=1S/C23H20N4O2S/c28-23(24-20(16-7-3-1-4-8-16)17-9-5-2-6-10-17)27-13-19(14-27)22-25-21(26-29-22)18-11-12-30-15-18/h1-12,15,19-20H,13-14H2,(H,24,28). The summed E-state index contributed by atoms with van der Waals surface area (Å²) in [6.07, 6.45) is 0. The Morgan fingerprint density at radius 3 is 2.30 bits per heavy atom. The molecule has 0 unspecified atom stereocenters. The van der Waals surface area contributed by atoms with Gasteiger partial charge < -0.3 is 14.7 Å². The first kappa shape index (κ1) is 18.6. The Bertz CT molecular complexity index is 1070. The van der Waals surface area contributed by atoms with Gasteiger partial charge in [0.1, 0.15) is 0 Å². The Morgan fingerprint density at radius 1 is 1.03 bits per heavy atom. The molecule has 0 aliphatic carbocycles. The second-order valence-electron chi connectivity index (χ2n) is 7.27. The summed E-state index contributed by atoms with van der Waals surface area (Å²) in [5.41, 5.74) is 3.05. The Labute approximate surface area is 178 Å². The van der Waals surface area contributed by atoms with Crippen LogP contribution in [0.4, 0.5) is 4.79 Å². The van der Waals surface area contributed by atoms with Gasteiger partial charge in [0.25, 0.3) is 0 Å². The SMILES string of the molecule is O=C(NC(c1ccccc1)c1ccccc1)N1CC(c2nc(-c3ccsc3)no2)C1. The van der Waals surface area contributed by atoms with Crippen LogP contribution in [0.15, 0.2) is 82.0 Å². The highest BCUT2D eigenvalue weighted by Crippen LogP contribution is 2.29. The number of nitrogens with zero attached hydrogens (tertiary/aromatic N) is 3. The van der Waals surface area contributed by atoms with E-state index in [0.717, 1.165) is 16.7 Å². The molecule has 0 saturated carbocycles. The lowest BCUT2D eigenvalue weighted by atomic mass is 9.98. The van der Waals surface area contributed by atoms with Gasteiger partial charge in [-0.1, -0.05) is 65.8 Å². The number of benzene rings is 2. The Hall–Kier alpha value is -3.45. The molecule has 1 fully saturated rings. The van der Waals surface area contributed by atoms with Crippen molar-refractivity contribution in [3.8, 4) is 11.4 Å². The van der Waals surface area contributed by atoms with Crippen molar-refractivity contribution in [3.63, 3.8) is 0 Å². The normalized spacial score (nSPS) is 14.0. The van der Waals surface area contributed by atoms with Crippen LogP contribution in [0.25, 0.3) is 11.4 Å². The average molecular weight is 417 g/mol. The van der Waals surface area contributed by atoms with Crippen LogP contribution in [-0.4, -0.2) is 34.2 Å². The summed E-state index contributed by atoms with van der Waals surface area (Å²) in [4.78, 5) is 19.2. The fourth-order valence-corrected chi connectivity index (χ4v) is 4.21. The molecule has 1 N–H and O–H groups in total. The molecule has 30 heavy (non-hydrogen) atoms. The Kier molecular flexibility index (Phi) is 5.03. The molecule has 1 aliphatic heterocycles. The summed E-state index contributed by atoms with van der Waals surface area (Å²) >= 11 is 1.60. The van der Waals surface area contributed by atoms with E-state index in [-0.39, 0.29) is 18.0 Å². The largest absolute Gasteiger partial charge is 0.339 e. The average Bonchev–Trinajstić information content (AvgIpc) is 3.44. The molecule has 0 spiro atoms. The van der Waals surface area contributed by atoms with E-state index in [4.69, 9.17) is 4.52 Å². The molecule has 1 aliphatic rings. The molecular formula is C23H20N4O2S. The summed E-state index contributed by atoms with van der Waals surface area (Å²) < 4.78 is 5.43. The molecular weight excluding hydrogens is 396 g/mol. The minimum absolute atomic E-state index is 0.0718. The van der Waals surface area contributed by atoms with E-state index in [1.807, 2.05) is 77.5 Å². The molecule has 1 saturated heterocycles. The van der Waals surface area contributed by atoms with E-state index >= 15 is 0 Å². The molecule has 2 aromatic carbocycles. The Morgan fingerprint density at radius 2 is 1.70 bits per heavy atom. The van der Waals surface area contributed by atoms with Crippen molar-refractivity contribution in [1.29, 1.82) is 0 Å². The van der Waals surface area contributed by atoms with Crippen LogP contribution in [0, 0.1) is 0 Å². The van der Waals surface area contributed by atoms with Gasteiger partial charge in [0.05, 0.1) is 12.0 Å². The van der Waals surface area contributed by atoms with Crippen LogP contribution >= 0.6 is 11.3 Å². The van der Waals surface area contributed by atoms with Gasteiger partial charge in [-0.3, -0.25) is 0 Å². The number of hydrogen-bond acceptors (Lipinski definition) is 5. The molecule has 2 amide bonds. The molecule has 5 rings (SSSR count). The van der Waals surface area contributed by atoms with Gasteiger partial charge >= 0.3 is 6.03 Å². The minimum Gasteiger partial charge on any atom is -0.339 e. The van der Waals surface area contributed by atoms with Gasteiger partial charge in [-0.05, 0) is 22.6 Å². The molecule has 0 radical (unpaired) electrons. The Balaban J connectivity index is 1.25. The number of carbonyl (C=O) groups excluding carboxylic acids is 1. The predicted molar refractivity (Wildman–Crippen MR) is 115 cm³/mol. The van der Waals surface area contributed by atoms with Gasteiger partial charge in [0, 0.05) is 24.0 Å². The minimum atomic E-state index is -0.201. The summed E-state index contributed by atoms with van der Waals surface area (Å²) in [5.74, 6) is 1.26. The molecule has 2 aromatic heterocycles. The van der Waals surface area contributed by atoms with Crippen LogP contribution in [0.1, 0.15) is 29.0 Å². The lowest BCUT2D eigenvalue weighted by Gasteiger charge is -2.38. The van der Waals surface area contributed by atoms with Crippen molar-refractivity contribution in [3.05, 3.63) is 94.5 Å². The maximum Gasteiger partial charge on any atom is 0.318 e. The van der Waals surface area contributed by atoms with Crippen molar-refractivity contribution >= 4 is 17.4 Å². The van der Waals surface area contributed by atoms with Crippen LogP contribution < -0.4 is 5.32 Å². The summed E-state index contributed by atoms with van der Waals surface area (Å²) in [6.45, 7) is 1.13. The first-order chi connectivity index (χ1) is 14.8. The maximum atomic E-state index is 12.9. The first-order valence-electron chi connectivity index (χ1n) is 9.79. The molecule has 0 atom stereocenters. The van der Waals surface area contributed by atoms with Crippen molar-refractivity contribution in [2.75, 3.05) is 13.1 Å². The van der Waals surface area contributed by atoms with E-state index in [1.165, 1.54) is 0 Å². The molecule has 150 valence electrons. The molecule has 4 aromatic rings. The van der Waals surface area contributed by atoms with Gasteiger partial charge in [0.15, 0.2) is 0 Å². The van der Waals surface area contributed by atoms with E-state index in [0.29, 0.717) is 24.8 Å². The fraction of sp³-hybridized carbons (Fsp3) is 0.174. The zero-order chi connectivity index (χ0) is 20.3. The third-order valence-corrected chi connectivity index (χ3v) is 5.96. The third kappa shape index (κ3) is 3.71. The second kappa shape index (κ2) is 8.12. The first-order valence-corrected chi connectivity index (χ1v) is 10.7. The van der Waals surface area contributed by atoms with E-state index in [2.05, 4.69) is 15.5 Å². The summed E-state index contributed by atoms with van der Waals surface area (Å²) in [7, 11) is 0.